The average Bonchev–Trinajstić information content (AvgIpc) is 2.73. The Morgan fingerprint density at radius 1 is 1.43 bits per heavy atom. The molecule has 14 heavy (non-hydrogen) atoms. The van der Waals surface area contributed by atoms with Gasteiger partial charge in [-0.1, -0.05) is 0 Å². The molecule has 0 saturated carbocycles. The number of hydrogen-bond donors (Lipinski definition) is 2. The quantitative estimate of drug-likeness (QED) is 0.789. The Bertz CT molecular complexity index is 410. The molecule has 2 aromatic rings. The van der Waals surface area contributed by atoms with Gasteiger partial charge in [0.25, 0.3) is 0 Å². The van der Waals surface area contributed by atoms with Crippen LogP contribution in [0.2, 0.25) is 0 Å². The van der Waals surface area contributed by atoms with Crippen molar-refractivity contribution in [2.24, 2.45) is 5.73 Å². The largest absolute Gasteiger partial charge is 0.338 e. The predicted octanol–water partition coefficient (Wildman–Crippen LogP) is 1.73. The first kappa shape index (κ1) is 9.36. The molecule has 2 heterocycles. The van der Waals surface area contributed by atoms with E-state index in [1.54, 1.807) is 23.7 Å². The van der Waals surface area contributed by atoms with Gasteiger partial charge in [-0.2, -0.15) is 0 Å². The summed E-state index contributed by atoms with van der Waals surface area (Å²) in [4.78, 5) is 11.6. The Balaban J connectivity index is 2.36. The van der Waals surface area contributed by atoms with E-state index in [0.717, 1.165) is 16.5 Å². The minimum absolute atomic E-state index is 0.435. The highest BCUT2D eigenvalue weighted by molar-refractivity contribution is 7.13. The Labute approximate surface area is 86.2 Å². The minimum Gasteiger partial charge on any atom is -0.338 e. The van der Waals surface area contributed by atoms with Gasteiger partial charge in [0.15, 0.2) is 0 Å². The summed E-state index contributed by atoms with van der Waals surface area (Å²) in [6, 6.07) is 0. The van der Waals surface area contributed by atoms with Gasteiger partial charge in [-0.05, 0) is 13.8 Å². The number of aromatic amines is 1. The number of rotatable bonds is 2. The van der Waals surface area contributed by atoms with Gasteiger partial charge in [0.2, 0.25) is 0 Å². The van der Waals surface area contributed by atoms with E-state index in [1.165, 1.54) is 0 Å². The summed E-state index contributed by atoms with van der Waals surface area (Å²) >= 11 is 1.58. The molecule has 0 atom stereocenters. The van der Waals surface area contributed by atoms with Crippen LogP contribution in [0.15, 0.2) is 17.8 Å². The van der Waals surface area contributed by atoms with Crippen LogP contribution < -0.4 is 5.73 Å². The van der Waals surface area contributed by atoms with Gasteiger partial charge in [-0.3, -0.25) is 0 Å². The van der Waals surface area contributed by atoms with Crippen molar-refractivity contribution in [2.45, 2.75) is 19.4 Å². The van der Waals surface area contributed by atoms with Crippen LogP contribution in [-0.4, -0.2) is 15.0 Å². The normalized spacial score (nSPS) is 11.9. The average molecular weight is 208 g/mol. The lowest BCUT2D eigenvalue weighted by atomic mass is 10.1. The van der Waals surface area contributed by atoms with E-state index in [0.29, 0.717) is 0 Å². The molecule has 2 rings (SSSR count). The van der Waals surface area contributed by atoms with E-state index in [-0.39, 0.29) is 0 Å². The van der Waals surface area contributed by atoms with Gasteiger partial charge in [-0.15, -0.1) is 11.3 Å². The second kappa shape index (κ2) is 3.18. The van der Waals surface area contributed by atoms with Crippen LogP contribution in [-0.2, 0) is 5.54 Å². The molecule has 2 aromatic heterocycles. The Hall–Kier alpha value is -1.20. The molecule has 74 valence electrons. The van der Waals surface area contributed by atoms with Crippen molar-refractivity contribution < 1.29 is 0 Å². The van der Waals surface area contributed by atoms with Crippen LogP contribution in [0.5, 0.6) is 0 Å². The van der Waals surface area contributed by atoms with Crippen LogP contribution in [0.1, 0.15) is 19.7 Å². The monoisotopic (exact) mass is 208 g/mol. The highest BCUT2D eigenvalue weighted by Gasteiger charge is 2.18. The van der Waals surface area contributed by atoms with E-state index >= 15 is 0 Å². The van der Waals surface area contributed by atoms with E-state index in [2.05, 4.69) is 15.0 Å². The molecule has 0 saturated heterocycles. The van der Waals surface area contributed by atoms with Gasteiger partial charge >= 0.3 is 0 Å². The zero-order valence-corrected chi connectivity index (χ0v) is 8.93. The standard InChI is InChI=1S/C9H12N4S/c1-9(2,10)8-12-5-6(13-8)7-11-3-4-14-7/h3-5H,10H2,1-2H3,(H,12,13). The molecule has 0 aliphatic rings. The fourth-order valence-electron chi connectivity index (χ4n) is 1.11. The van der Waals surface area contributed by atoms with Gasteiger partial charge in [0, 0.05) is 11.6 Å². The highest BCUT2D eigenvalue weighted by atomic mass is 32.1. The number of nitrogens with zero attached hydrogens (tertiary/aromatic N) is 2. The topological polar surface area (TPSA) is 67.6 Å². The summed E-state index contributed by atoms with van der Waals surface area (Å²) in [5.41, 5.74) is 6.40. The van der Waals surface area contributed by atoms with Crippen molar-refractivity contribution in [3.63, 3.8) is 0 Å². The highest BCUT2D eigenvalue weighted by Crippen LogP contribution is 2.22. The number of nitrogens with two attached hydrogens (primary N) is 1. The molecule has 0 aliphatic heterocycles. The number of hydrogen-bond acceptors (Lipinski definition) is 4. The van der Waals surface area contributed by atoms with Crippen molar-refractivity contribution in [3.05, 3.63) is 23.6 Å². The molecule has 0 unspecified atom stereocenters. The molecule has 3 N–H and O–H groups in total. The second-order valence-corrected chi connectivity index (χ2v) is 4.60. The van der Waals surface area contributed by atoms with Crippen molar-refractivity contribution in [1.29, 1.82) is 0 Å². The molecule has 0 aliphatic carbocycles. The Kier molecular flexibility index (Phi) is 2.13. The van der Waals surface area contributed by atoms with Crippen molar-refractivity contribution in [3.8, 4) is 10.7 Å². The lowest BCUT2D eigenvalue weighted by Gasteiger charge is -2.14. The van der Waals surface area contributed by atoms with Gasteiger partial charge in [0.1, 0.15) is 10.8 Å². The first-order chi connectivity index (χ1) is 6.57. The van der Waals surface area contributed by atoms with Crippen molar-refractivity contribution in [1.82, 2.24) is 15.0 Å². The van der Waals surface area contributed by atoms with E-state index in [1.807, 2.05) is 19.2 Å². The zero-order chi connectivity index (χ0) is 10.2. The number of imidazole rings is 1. The molecule has 0 radical (unpaired) electrons. The van der Waals surface area contributed by atoms with E-state index in [4.69, 9.17) is 5.73 Å². The van der Waals surface area contributed by atoms with Crippen LogP contribution in [0.4, 0.5) is 0 Å². The molecule has 0 amide bonds. The SMILES string of the molecule is CC(C)(N)c1ncc(-c2nccs2)[nH]1. The maximum Gasteiger partial charge on any atom is 0.141 e. The Morgan fingerprint density at radius 2 is 2.21 bits per heavy atom. The molecule has 5 heteroatoms. The third-order valence-corrected chi connectivity index (χ3v) is 2.66. The molecule has 0 fully saturated rings. The molecular formula is C9H12N4S. The molecule has 0 spiro atoms. The fourth-order valence-corrected chi connectivity index (χ4v) is 1.72. The van der Waals surface area contributed by atoms with Gasteiger partial charge < -0.3 is 10.7 Å². The number of H-pyrrole nitrogens is 1. The molecular weight excluding hydrogens is 196 g/mol. The third-order valence-electron chi connectivity index (χ3n) is 1.85. The van der Waals surface area contributed by atoms with Crippen LogP contribution in [0.3, 0.4) is 0 Å². The first-order valence-electron chi connectivity index (χ1n) is 4.31. The lowest BCUT2D eigenvalue weighted by molar-refractivity contribution is 0.520. The smallest absolute Gasteiger partial charge is 0.141 e. The van der Waals surface area contributed by atoms with Crippen molar-refractivity contribution in [2.75, 3.05) is 0 Å². The Morgan fingerprint density at radius 3 is 2.71 bits per heavy atom. The predicted molar refractivity (Wildman–Crippen MR) is 56.9 cm³/mol. The van der Waals surface area contributed by atoms with E-state index in [9.17, 15) is 0 Å². The number of aromatic nitrogens is 3. The maximum atomic E-state index is 5.91. The summed E-state index contributed by atoms with van der Waals surface area (Å²) in [6.45, 7) is 3.83. The summed E-state index contributed by atoms with van der Waals surface area (Å²) in [6.07, 6.45) is 3.54. The maximum absolute atomic E-state index is 5.91. The summed E-state index contributed by atoms with van der Waals surface area (Å²) < 4.78 is 0. The minimum atomic E-state index is -0.435. The van der Waals surface area contributed by atoms with Crippen LogP contribution >= 0.6 is 11.3 Å². The molecule has 4 nitrogen and oxygen atoms in total. The summed E-state index contributed by atoms with van der Waals surface area (Å²) in [5.74, 6) is 0.780. The van der Waals surface area contributed by atoms with Crippen molar-refractivity contribution >= 4 is 11.3 Å². The number of thiazole rings is 1. The van der Waals surface area contributed by atoms with Crippen LogP contribution in [0, 0.1) is 0 Å². The third kappa shape index (κ3) is 1.69. The lowest BCUT2D eigenvalue weighted by Crippen LogP contribution is -2.30. The molecule has 0 bridgehead atoms. The summed E-state index contributed by atoms with van der Waals surface area (Å²) in [5, 5.41) is 2.87. The van der Waals surface area contributed by atoms with E-state index < -0.39 is 5.54 Å². The first-order valence-corrected chi connectivity index (χ1v) is 5.19. The zero-order valence-electron chi connectivity index (χ0n) is 8.11. The fraction of sp³-hybridized carbons (Fsp3) is 0.333. The van der Waals surface area contributed by atoms with Gasteiger partial charge in [-0.25, -0.2) is 9.97 Å². The summed E-state index contributed by atoms with van der Waals surface area (Å²) in [7, 11) is 0. The second-order valence-electron chi connectivity index (χ2n) is 3.70. The molecule has 0 aromatic carbocycles. The van der Waals surface area contributed by atoms with Gasteiger partial charge in [0.05, 0.1) is 17.4 Å². The van der Waals surface area contributed by atoms with Crippen LogP contribution in [0.25, 0.3) is 10.7 Å². The number of nitrogens with one attached hydrogen (secondary N) is 1.